The highest BCUT2D eigenvalue weighted by atomic mass is 35.5. The zero-order valence-corrected chi connectivity index (χ0v) is 17.1. The zero-order valence-electron chi connectivity index (χ0n) is 16.3. The predicted octanol–water partition coefficient (Wildman–Crippen LogP) is 4.80. The minimum Gasteiger partial charge on any atom is -0.494 e. The highest BCUT2D eigenvalue weighted by Crippen LogP contribution is 2.31. The van der Waals surface area contributed by atoms with Crippen LogP contribution in [-0.4, -0.2) is 35.8 Å². The maximum absolute atomic E-state index is 13.5. The summed E-state index contributed by atoms with van der Waals surface area (Å²) in [7, 11) is 2.93. The van der Waals surface area contributed by atoms with E-state index < -0.39 is 5.82 Å². The van der Waals surface area contributed by atoms with Crippen molar-refractivity contribution in [1.82, 2.24) is 9.97 Å². The number of ether oxygens (including phenoxy) is 2. The molecule has 0 atom stereocenters. The first-order valence-corrected chi connectivity index (χ1v) is 9.37. The maximum Gasteiger partial charge on any atom is 0.213 e. The van der Waals surface area contributed by atoms with E-state index in [9.17, 15) is 14.0 Å². The quantitative estimate of drug-likeness (QED) is 0.479. The molecule has 30 heavy (non-hydrogen) atoms. The van der Waals surface area contributed by atoms with Crippen molar-refractivity contribution >= 4 is 23.2 Å². The van der Waals surface area contributed by atoms with Gasteiger partial charge >= 0.3 is 0 Å². The van der Waals surface area contributed by atoms with Crippen LogP contribution in [0.4, 0.5) is 4.39 Å². The number of carbonyl (C=O) groups is 2. The van der Waals surface area contributed by atoms with Gasteiger partial charge in [0.25, 0.3) is 0 Å². The molecule has 154 valence electrons. The lowest BCUT2D eigenvalue weighted by Gasteiger charge is -2.10. The number of benzene rings is 1. The van der Waals surface area contributed by atoms with E-state index in [4.69, 9.17) is 21.1 Å². The molecule has 8 heteroatoms. The molecule has 2 aromatic heterocycles. The van der Waals surface area contributed by atoms with E-state index in [1.54, 1.807) is 12.1 Å². The number of hydrogen-bond donors (Lipinski definition) is 0. The summed E-state index contributed by atoms with van der Waals surface area (Å²) in [4.78, 5) is 33.3. The predicted molar refractivity (Wildman–Crippen MR) is 110 cm³/mol. The number of Topliss-reactive ketones (excluding diaryl/α,β-unsaturated/α-hetero) is 2. The molecule has 2 heterocycles. The molecule has 0 amide bonds. The molecule has 0 aliphatic heterocycles. The van der Waals surface area contributed by atoms with Crippen LogP contribution < -0.4 is 9.47 Å². The first-order chi connectivity index (χ1) is 14.4. The van der Waals surface area contributed by atoms with Gasteiger partial charge in [-0.2, -0.15) is 0 Å². The first-order valence-electron chi connectivity index (χ1n) is 9.00. The fraction of sp³-hybridized carbons (Fsp3) is 0.182. The molecule has 0 fully saturated rings. The summed E-state index contributed by atoms with van der Waals surface area (Å²) >= 11 is 5.86. The Bertz CT molecular complexity index is 1100. The van der Waals surface area contributed by atoms with Crippen molar-refractivity contribution in [2.45, 2.75) is 12.8 Å². The molecule has 3 rings (SSSR count). The largest absolute Gasteiger partial charge is 0.494 e. The van der Waals surface area contributed by atoms with Crippen LogP contribution in [0.2, 0.25) is 5.02 Å². The highest BCUT2D eigenvalue weighted by Gasteiger charge is 2.17. The summed E-state index contributed by atoms with van der Waals surface area (Å²) in [5.74, 6) is -0.330. The van der Waals surface area contributed by atoms with Crippen LogP contribution in [0.15, 0.2) is 48.7 Å². The number of hydrogen-bond acceptors (Lipinski definition) is 6. The summed E-state index contributed by atoms with van der Waals surface area (Å²) in [5.41, 5.74) is 1.45. The number of carbonyl (C=O) groups excluding carboxylic acids is 2. The number of pyridine rings is 2. The molecule has 0 aliphatic rings. The normalized spacial score (nSPS) is 10.5. The second-order valence-electron chi connectivity index (χ2n) is 6.31. The standard InChI is InChI=1S/C22H18ClFN2O4/c1-29-20-8-5-17(26-22(20)14-3-4-16(24)15(23)11-14)19(28)7-6-18(27)13-9-10-25-21(12-13)30-2/h3-5,8-12H,6-7H2,1-2H3. The Morgan fingerprint density at radius 3 is 2.47 bits per heavy atom. The van der Waals surface area contributed by atoms with Gasteiger partial charge in [-0.1, -0.05) is 11.6 Å². The van der Waals surface area contributed by atoms with Gasteiger partial charge in [-0.25, -0.2) is 14.4 Å². The molecule has 6 nitrogen and oxygen atoms in total. The van der Waals surface area contributed by atoms with E-state index in [1.807, 2.05) is 0 Å². The molecule has 0 saturated heterocycles. The third-order valence-corrected chi connectivity index (χ3v) is 4.69. The third-order valence-electron chi connectivity index (χ3n) is 4.40. The number of ketones is 2. The van der Waals surface area contributed by atoms with E-state index in [0.717, 1.165) is 0 Å². The molecule has 0 aliphatic carbocycles. The van der Waals surface area contributed by atoms with Gasteiger partial charge in [0.2, 0.25) is 5.88 Å². The lowest BCUT2D eigenvalue weighted by molar-refractivity contribution is 0.0915. The molecule has 1 aromatic carbocycles. The molecule has 0 bridgehead atoms. The van der Waals surface area contributed by atoms with Gasteiger partial charge < -0.3 is 9.47 Å². The second-order valence-corrected chi connectivity index (χ2v) is 6.72. The van der Waals surface area contributed by atoms with Gasteiger partial charge in [0, 0.05) is 36.2 Å². The van der Waals surface area contributed by atoms with Crippen LogP contribution in [0.5, 0.6) is 11.6 Å². The van der Waals surface area contributed by atoms with Crippen molar-refractivity contribution in [1.29, 1.82) is 0 Å². The van der Waals surface area contributed by atoms with E-state index in [2.05, 4.69) is 9.97 Å². The van der Waals surface area contributed by atoms with Gasteiger partial charge in [-0.3, -0.25) is 9.59 Å². The summed E-state index contributed by atoms with van der Waals surface area (Å²) in [5, 5.41) is -0.0635. The van der Waals surface area contributed by atoms with Crippen molar-refractivity contribution in [3.63, 3.8) is 0 Å². The van der Waals surface area contributed by atoms with Crippen molar-refractivity contribution < 1.29 is 23.5 Å². The van der Waals surface area contributed by atoms with E-state index in [0.29, 0.717) is 28.5 Å². The average Bonchev–Trinajstić information content (AvgIpc) is 2.78. The lowest BCUT2D eigenvalue weighted by Crippen LogP contribution is -2.08. The van der Waals surface area contributed by atoms with Crippen molar-refractivity contribution in [2.24, 2.45) is 0 Å². The fourth-order valence-corrected chi connectivity index (χ4v) is 2.99. The summed E-state index contributed by atoms with van der Waals surface area (Å²) in [6, 6.07) is 10.3. The Balaban J connectivity index is 1.79. The first kappa shape index (κ1) is 21.4. The molecular formula is C22H18ClFN2O4. The van der Waals surface area contributed by atoms with Crippen molar-refractivity contribution in [3.8, 4) is 22.9 Å². The fourth-order valence-electron chi connectivity index (χ4n) is 2.81. The molecule has 0 unspecified atom stereocenters. The molecule has 3 aromatic rings. The minimum atomic E-state index is -0.558. The van der Waals surface area contributed by atoms with Gasteiger partial charge in [-0.05, 0) is 36.4 Å². The van der Waals surface area contributed by atoms with Gasteiger partial charge in [0.05, 0.1) is 19.2 Å². The number of halogens is 2. The van der Waals surface area contributed by atoms with Crippen LogP contribution in [-0.2, 0) is 0 Å². The van der Waals surface area contributed by atoms with Crippen LogP contribution >= 0.6 is 11.6 Å². The topological polar surface area (TPSA) is 78.4 Å². The smallest absolute Gasteiger partial charge is 0.213 e. The Morgan fingerprint density at radius 1 is 1.00 bits per heavy atom. The van der Waals surface area contributed by atoms with Gasteiger partial charge in [-0.15, -0.1) is 0 Å². The molecule has 0 saturated carbocycles. The van der Waals surface area contributed by atoms with Crippen LogP contribution in [0.3, 0.4) is 0 Å². The molecular weight excluding hydrogens is 411 g/mol. The summed E-state index contributed by atoms with van der Waals surface area (Å²) < 4.78 is 23.8. The maximum atomic E-state index is 13.5. The Hall–Kier alpha value is -3.32. The Labute approximate surface area is 177 Å². The molecule has 0 N–H and O–H groups in total. The minimum absolute atomic E-state index is 0.0113. The van der Waals surface area contributed by atoms with Crippen LogP contribution in [0.25, 0.3) is 11.3 Å². The Kier molecular flexibility index (Phi) is 6.74. The molecule has 0 spiro atoms. The van der Waals surface area contributed by atoms with E-state index >= 15 is 0 Å². The summed E-state index contributed by atoms with van der Waals surface area (Å²) in [6.07, 6.45) is 1.46. The Morgan fingerprint density at radius 2 is 1.77 bits per heavy atom. The molecule has 0 radical (unpaired) electrons. The van der Waals surface area contributed by atoms with Gasteiger partial charge in [0.15, 0.2) is 11.6 Å². The number of aromatic nitrogens is 2. The van der Waals surface area contributed by atoms with E-state index in [1.165, 1.54) is 50.7 Å². The van der Waals surface area contributed by atoms with Crippen molar-refractivity contribution in [3.05, 3.63) is 70.8 Å². The monoisotopic (exact) mass is 428 g/mol. The van der Waals surface area contributed by atoms with Crippen LogP contribution in [0, 0.1) is 5.82 Å². The zero-order chi connectivity index (χ0) is 21.7. The van der Waals surface area contributed by atoms with Crippen LogP contribution in [0.1, 0.15) is 33.7 Å². The lowest BCUT2D eigenvalue weighted by atomic mass is 10.0. The number of methoxy groups -OCH3 is 2. The summed E-state index contributed by atoms with van der Waals surface area (Å²) in [6.45, 7) is 0. The van der Waals surface area contributed by atoms with Gasteiger partial charge in [0.1, 0.15) is 23.0 Å². The third kappa shape index (κ3) is 4.80. The SMILES string of the molecule is COc1cc(C(=O)CCC(=O)c2ccc(OC)c(-c3ccc(F)c(Cl)c3)n2)ccn1. The average molecular weight is 429 g/mol. The number of nitrogens with zero attached hydrogens (tertiary/aromatic N) is 2. The number of rotatable bonds is 8. The van der Waals surface area contributed by atoms with E-state index in [-0.39, 0.29) is 35.1 Å². The second kappa shape index (κ2) is 9.45. The highest BCUT2D eigenvalue weighted by molar-refractivity contribution is 6.31. The van der Waals surface area contributed by atoms with Crippen molar-refractivity contribution in [2.75, 3.05) is 14.2 Å².